The molecular weight excluding hydrogens is 499 g/mol. The van der Waals surface area contributed by atoms with Crippen LogP contribution in [0.2, 0.25) is 0 Å². The number of aromatic nitrogens is 3. The Morgan fingerprint density at radius 1 is 1.16 bits per heavy atom. The van der Waals surface area contributed by atoms with Crippen LogP contribution in [0.4, 0.5) is 13.2 Å². The van der Waals surface area contributed by atoms with Crippen molar-refractivity contribution < 1.29 is 32.2 Å². The average Bonchev–Trinajstić information content (AvgIpc) is 3.55. The number of rotatable bonds is 11. The van der Waals surface area contributed by atoms with Crippen LogP contribution in [0.1, 0.15) is 63.4 Å². The number of imidazole rings is 1. The molecular formula is C28H26F3N3O4. The van der Waals surface area contributed by atoms with Gasteiger partial charge in [0, 0.05) is 25.0 Å². The fourth-order valence-electron chi connectivity index (χ4n) is 3.92. The summed E-state index contributed by atoms with van der Waals surface area (Å²) in [6.07, 6.45) is 4.83. The second-order valence-corrected chi connectivity index (χ2v) is 8.69. The molecule has 1 unspecified atom stereocenters. The minimum absolute atomic E-state index is 0.156. The number of aryl methyl sites for hydroxylation is 2. The highest BCUT2D eigenvalue weighted by Gasteiger charge is 2.29. The number of halogens is 3. The zero-order chi connectivity index (χ0) is 27.1. The van der Waals surface area contributed by atoms with Crippen molar-refractivity contribution in [2.24, 2.45) is 0 Å². The molecule has 0 bridgehead atoms. The summed E-state index contributed by atoms with van der Waals surface area (Å²) in [7, 11) is 0. The van der Waals surface area contributed by atoms with Gasteiger partial charge in [0.05, 0.1) is 11.7 Å². The number of hydrogen-bond donors (Lipinski definition) is 1. The summed E-state index contributed by atoms with van der Waals surface area (Å²) >= 11 is 0. The van der Waals surface area contributed by atoms with Gasteiger partial charge in [0.15, 0.2) is 12.1 Å². The van der Waals surface area contributed by atoms with E-state index in [1.165, 1.54) is 18.4 Å². The highest BCUT2D eigenvalue weighted by Crippen LogP contribution is 2.29. The van der Waals surface area contributed by atoms with Gasteiger partial charge in [-0.15, -0.1) is 0 Å². The molecule has 0 aliphatic carbocycles. The van der Waals surface area contributed by atoms with Crippen LogP contribution >= 0.6 is 0 Å². The second kappa shape index (κ2) is 11.9. The SMILES string of the molecule is Cc1cc(OCc2coc(/C=C/c3ccc(C(F)(F)F)cc3)n2)ccc1C(O)CCCn1ccnc1C=O. The van der Waals surface area contributed by atoms with E-state index in [4.69, 9.17) is 9.15 Å². The fraction of sp³-hybridized carbons (Fsp3) is 0.250. The number of hydrogen-bond acceptors (Lipinski definition) is 6. The summed E-state index contributed by atoms with van der Waals surface area (Å²) in [5, 5.41) is 10.6. The normalized spacial score (nSPS) is 12.7. The number of aliphatic hydroxyl groups excluding tert-OH is 1. The van der Waals surface area contributed by atoms with Crippen LogP contribution in [0.5, 0.6) is 5.75 Å². The van der Waals surface area contributed by atoms with E-state index < -0.39 is 17.8 Å². The maximum atomic E-state index is 12.7. The predicted octanol–water partition coefficient (Wildman–Crippen LogP) is 6.27. The molecule has 38 heavy (non-hydrogen) atoms. The lowest BCUT2D eigenvalue weighted by molar-refractivity contribution is -0.137. The topological polar surface area (TPSA) is 90.4 Å². The third-order valence-corrected chi connectivity index (χ3v) is 5.94. The molecule has 4 rings (SSSR count). The molecule has 0 amide bonds. The van der Waals surface area contributed by atoms with Crippen molar-refractivity contribution in [2.45, 2.75) is 45.2 Å². The lowest BCUT2D eigenvalue weighted by atomic mass is 9.99. The molecule has 198 valence electrons. The first-order valence-electron chi connectivity index (χ1n) is 11.9. The van der Waals surface area contributed by atoms with E-state index in [1.54, 1.807) is 35.2 Å². The number of carbonyl (C=O) groups is 1. The Bertz CT molecular complexity index is 1390. The molecule has 10 heteroatoms. The molecule has 0 aliphatic heterocycles. The zero-order valence-corrected chi connectivity index (χ0v) is 20.6. The third-order valence-electron chi connectivity index (χ3n) is 5.94. The van der Waals surface area contributed by atoms with E-state index >= 15 is 0 Å². The van der Waals surface area contributed by atoms with Crippen molar-refractivity contribution in [1.82, 2.24) is 14.5 Å². The van der Waals surface area contributed by atoms with Crippen LogP contribution < -0.4 is 4.74 Å². The van der Waals surface area contributed by atoms with E-state index in [-0.39, 0.29) is 6.61 Å². The van der Waals surface area contributed by atoms with Gasteiger partial charge < -0.3 is 18.8 Å². The molecule has 0 saturated heterocycles. The van der Waals surface area contributed by atoms with Crippen molar-refractivity contribution in [3.05, 3.63) is 101 Å². The highest BCUT2D eigenvalue weighted by atomic mass is 19.4. The summed E-state index contributed by atoms with van der Waals surface area (Å²) in [6, 6.07) is 10.2. The van der Waals surface area contributed by atoms with Crippen LogP contribution in [0, 0.1) is 6.92 Å². The summed E-state index contributed by atoms with van der Waals surface area (Å²) in [5.74, 6) is 1.28. The molecule has 0 aliphatic rings. The Morgan fingerprint density at radius 3 is 2.66 bits per heavy atom. The average molecular weight is 526 g/mol. The Morgan fingerprint density at radius 2 is 1.95 bits per heavy atom. The van der Waals surface area contributed by atoms with Gasteiger partial charge >= 0.3 is 6.18 Å². The van der Waals surface area contributed by atoms with E-state index in [0.29, 0.717) is 54.4 Å². The number of nitrogens with zero attached hydrogens (tertiary/aromatic N) is 3. The first-order chi connectivity index (χ1) is 18.2. The van der Waals surface area contributed by atoms with Crippen molar-refractivity contribution in [2.75, 3.05) is 0 Å². The lowest BCUT2D eigenvalue weighted by Gasteiger charge is -2.15. The Labute approximate surface area is 217 Å². The molecule has 7 nitrogen and oxygen atoms in total. The molecule has 1 atom stereocenters. The maximum absolute atomic E-state index is 12.7. The number of oxazole rings is 1. The largest absolute Gasteiger partial charge is 0.487 e. The Kier molecular flexibility index (Phi) is 8.42. The quantitative estimate of drug-likeness (QED) is 0.232. The van der Waals surface area contributed by atoms with Crippen molar-refractivity contribution in [3.8, 4) is 5.75 Å². The first kappa shape index (κ1) is 26.9. The molecule has 0 spiro atoms. The number of aldehydes is 1. The first-order valence-corrected chi connectivity index (χ1v) is 11.9. The lowest BCUT2D eigenvalue weighted by Crippen LogP contribution is -2.06. The van der Waals surface area contributed by atoms with E-state index in [1.807, 2.05) is 19.1 Å². The number of ether oxygens (including phenoxy) is 1. The molecule has 1 N–H and O–H groups in total. The van der Waals surface area contributed by atoms with Crippen LogP contribution in [-0.2, 0) is 19.3 Å². The molecule has 2 aromatic carbocycles. The molecule has 2 heterocycles. The number of aliphatic hydroxyl groups is 1. The van der Waals surface area contributed by atoms with Gasteiger partial charge in [-0.2, -0.15) is 13.2 Å². The van der Waals surface area contributed by atoms with Crippen LogP contribution in [-0.4, -0.2) is 25.9 Å². The number of benzene rings is 2. The number of carbonyl (C=O) groups excluding carboxylic acids is 1. The molecule has 0 fully saturated rings. The Balaban J connectivity index is 1.27. The highest BCUT2D eigenvalue weighted by molar-refractivity contribution is 5.69. The van der Waals surface area contributed by atoms with Crippen LogP contribution in [0.3, 0.4) is 0 Å². The van der Waals surface area contributed by atoms with Gasteiger partial charge in [0.25, 0.3) is 0 Å². The van der Waals surface area contributed by atoms with E-state index in [9.17, 15) is 23.1 Å². The standard InChI is InChI=1S/C28H26F3N3O4/c1-19-15-23(9-10-24(19)25(36)3-2-13-34-14-12-32-26(34)16-35)37-17-22-18-38-27(33-22)11-6-20-4-7-21(8-5-20)28(29,30)31/h4-12,14-16,18,25,36H,2-3,13,17H2,1H3/b11-6+. The number of alkyl halides is 3. The van der Waals surface area contributed by atoms with Gasteiger partial charge in [0.1, 0.15) is 24.3 Å². The van der Waals surface area contributed by atoms with E-state index in [2.05, 4.69) is 9.97 Å². The summed E-state index contributed by atoms with van der Waals surface area (Å²) in [4.78, 5) is 19.2. The predicted molar refractivity (Wildman–Crippen MR) is 134 cm³/mol. The maximum Gasteiger partial charge on any atom is 0.416 e. The zero-order valence-electron chi connectivity index (χ0n) is 20.6. The minimum atomic E-state index is -4.37. The second-order valence-electron chi connectivity index (χ2n) is 8.69. The summed E-state index contributed by atoms with van der Waals surface area (Å²) in [5.41, 5.74) is 2.11. The van der Waals surface area contributed by atoms with Gasteiger partial charge in [-0.1, -0.05) is 18.2 Å². The Hall–Kier alpha value is -4.18. The van der Waals surface area contributed by atoms with Gasteiger partial charge in [0.2, 0.25) is 5.89 Å². The van der Waals surface area contributed by atoms with Crippen LogP contribution in [0.25, 0.3) is 12.2 Å². The monoisotopic (exact) mass is 525 g/mol. The van der Waals surface area contributed by atoms with Crippen molar-refractivity contribution >= 4 is 18.4 Å². The van der Waals surface area contributed by atoms with Gasteiger partial charge in [-0.25, -0.2) is 9.97 Å². The molecule has 4 aromatic rings. The van der Waals surface area contributed by atoms with Gasteiger partial charge in [-0.05, 0) is 66.8 Å². The molecule has 0 saturated carbocycles. The fourth-order valence-corrected chi connectivity index (χ4v) is 3.92. The third kappa shape index (κ3) is 6.98. The van der Waals surface area contributed by atoms with Gasteiger partial charge in [-0.3, -0.25) is 4.79 Å². The molecule has 0 radical (unpaired) electrons. The molecule has 2 aromatic heterocycles. The minimum Gasteiger partial charge on any atom is -0.487 e. The van der Waals surface area contributed by atoms with E-state index in [0.717, 1.165) is 23.3 Å². The smallest absolute Gasteiger partial charge is 0.416 e. The summed E-state index contributed by atoms with van der Waals surface area (Å²) in [6.45, 7) is 2.64. The van der Waals surface area contributed by atoms with Crippen LogP contribution in [0.15, 0.2) is 65.5 Å². The summed E-state index contributed by atoms with van der Waals surface area (Å²) < 4.78 is 51.0. The van der Waals surface area contributed by atoms with Crippen molar-refractivity contribution in [1.29, 1.82) is 0 Å². The van der Waals surface area contributed by atoms with Crippen molar-refractivity contribution in [3.63, 3.8) is 0 Å².